The van der Waals surface area contributed by atoms with E-state index < -0.39 is 0 Å². The largest absolute Gasteiger partial charge is 0.335 e. The van der Waals surface area contributed by atoms with Gasteiger partial charge in [-0.1, -0.05) is 18.2 Å². The molecule has 1 aromatic carbocycles. The number of anilines is 1. The zero-order valence-electron chi connectivity index (χ0n) is 15.0. The molecule has 3 amide bonds. The summed E-state index contributed by atoms with van der Waals surface area (Å²) in [5.41, 5.74) is 2.53. The van der Waals surface area contributed by atoms with Crippen LogP contribution in [-0.4, -0.2) is 41.0 Å². The first-order chi connectivity index (χ1) is 12.6. The number of fused-ring (bicyclic) bond motifs is 1. The van der Waals surface area contributed by atoms with Crippen LogP contribution in [0.4, 0.5) is 10.5 Å². The highest BCUT2D eigenvalue weighted by molar-refractivity contribution is 6.02. The number of piperidine rings is 1. The number of carbonyl (C=O) groups excluding carboxylic acids is 2. The lowest BCUT2D eigenvalue weighted by molar-refractivity contribution is -0.121. The Hall–Kier alpha value is -2.63. The molecule has 0 radical (unpaired) electrons. The second-order valence-electron chi connectivity index (χ2n) is 7.33. The molecule has 1 unspecified atom stereocenters. The smallest absolute Gasteiger partial charge is 0.317 e. The maximum Gasteiger partial charge on any atom is 0.317 e. The number of aryl methyl sites for hydroxylation is 1. The Morgan fingerprint density at radius 1 is 1.19 bits per heavy atom. The minimum atomic E-state index is -0.180. The summed E-state index contributed by atoms with van der Waals surface area (Å²) in [6.45, 7) is 3.12. The van der Waals surface area contributed by atoms with E-state index in [4.69, 9.17) is 0 Å². The van der Waals surface area contributed by atoms with Crippen molar-refractivity contribution < 1.29 is 9.59 Å². The van der Waals surface area contributed by atoms with Crippen LogP contribution in [0.2, 0.25) is 0 Å². The summed E-state index contributed by atoms with van der Waals surface area (Å²) in [5.74, 6) is -0.203. The van der Waals surface area contributed by atoms with Crippen molar-refractivity contribution >= 4 is 28.5 Å². The van der Waals surface area contributed by atoms with E-state index in [1.807, 2.05) is 37.3 Å². The van der Waals surface area contributed by atoms with E-state index in [0.717, 1.165) is 54.5 Å². The van der Waals surface area contributed by atoms with E-state index in [2.05, 4.69) is 15.6 Å². The monoisotopic (exact) mass is 352 g/mol. The second-order valence-corrected chi connectivity index (χ2v) is 7.33. The molecule has 1 aromatic heterocycles. The molecule has 4 rings (SSSR count). The molecule has 6 nitrogen and oxygen atoms in total. The van der Waals surface area contributed by atoms with Gasteiger partial charge >= 0.3 is 6.03 Å². The Labute approximate surface area is 153 Å². The van der Waals surface area contributed by atoms with Gasteiger partial charge < -0.3 is 15.5 Å². The fourth-order valence-electron chi connectivity index (χ4n) is 3.52. The van der Waals surface area contributed by atoms with Gasteiger partial charge in [-0.2, -0.15) is 0 Å². The number of hydrogen-bond acceptors (Lipinski definition) is 3. The Kier molecular flexibility index (Phi) is 4.49. The van der Waals surface area contributed by atoms with Crippen molar-refractivity contribution in [2.75, 3.05) is 18.4 Å². The van der Waals surface area contributed by atoms with E-state index in [-0.39, 0.29) is 17.9 Å². The van der Waals surface area contributed by atoms with Crippen LogP contribution in [0.15, 0.2) is 30.3 Å². The molecule has 0 spiro atoms. The zero-order valence-corrected chi connectivity index (χ0v) is 15.0. The van der Waals surface area contributed by atoms with Crippen LogP contribution in [0.1, 0.15) is 31.4 Å². The number of para-hydroxylation sites is 1. The second kappa shape index (κ2) is 6.94. The lowest BCUT2D eigenvalue weighted by atomic mass is 9.97. The first-order valence-corrected chi connectivity index (χ1v) is 9.33. The third kappa shape index (κ3) is 3.64. The molecule has 1 aliphatic carbocycles. The van der Waals surface area contributed by atoms with Gasteiger partial charge in [0.2, 0.25) is 5.91 Å². The van der Waals surface area contributed by atoms with Gasteiger partial charge in [-0.25, -0.2) is 4.79 Å². The summed E-state index contributed by atoms with van der Waals surface area (Å²) in [6, 6.07) is 10.0. The average molecular weight is 352 g/mol. The van der Waals surface area contributed by atoms with Crippen LogP contribution < -0.4 is 10.6 Å². The predicted molar refractivity (Wildman–Crippen MR) is 101 cm³/mol. The summed E-state index contributed by atoms with van der Waals surface area (Å²) >= 11 is 0. The topological polar surface area (TPSA) is 74.3 Å². The SMILES string of the molecule is Cc1cc(NC(=O)C2CCCN(C(=O)NC3CC3)C2)c2ccccc2n1. The molecule has 1 saturated heterocycles. The van der Waals surface area contributed by atoms with Gasteiger partial charge in [-0.05, 0) is 44.7 Å². The Morgan fingerprint density at radius 3 is 2.81 bits per heavy atom. The lowest BCUT2D eigenvalue weighted by Crippen LogP contribution is -2.48. The van der Waals surface area contributed by atoms with Gasteiger partial charge in [-0.15, -0.1) is 0 Å². The molecular formula is C20H24N4O2. The fourth-order valence-corrected chi connectivity index (χ4v) is 3.52. The number of amides is 3. The molecule has 0 bridgehead atoms. The summed E-state index contributed by atoms with van der Waals surface area (Å²) in [7, 11) is 0. The molecule has 1 saturated carbocycles. The van der Waals surface area contributed by atoms with Crippen LogP contribution in [0, 0.1) is 12.8 Å². The van der Waals surface area contributed by atoms with Crippen molar-refractivity contribution in [2.45, 2.75) is 38.6 Å². The quantitative estimate of drug-likeness (QED) is 0.891. The van der Waals surface area contributed by atoms with Crippen LogP contribution >= 0.6 is 0 Å². The molecule has 1 atom stereocenters. The van der Waals surface area contributed by atoms with Crippen molar-refractivity contribution in [3.63, 3.8) is 0 Å². The fraction of sp³-hybridized carbons (Fsp3) is 0.450. The number of nitrogens with one attached hydrogen (secondary N) is 2. The Bertz CT molecular complexity index is 847. The first kappa shape index (κ1) is 16.8. The average Bonchev–Trinajstić information content (AvgIpc) is 3.45. The van der Waals surface area contributed by atoms with Gasteiger partial charge in [0.25, 0.3) is 0 Å². The summed E-state index contributed by atoms with van der Waals surface area (Å²) < 4.78 is 0. The standard InChI is InChI=1S/C20H24N4O2/c1-13-11-18(16-6-2-3-7-17(16)21-13)23-19(25)14-5-4-10-24(12-14)20(26)22-15-8-9-15/h2-3,6-7,11,14-15H,4-5,8-10,12H2,1H3,(H,22,26)(H,21,23,25). The third-order valence-corrected chi connectivity index (χ3v) is 5.09. The minimum absolute atomic E-state index is 0.0234. The van der Waals surface area contributed by atoms with E-state index in [1.165, 1.54) is 0 Å². The maximum atomic E-state index is 12.8. The van der Waals surface area contributed by atoms with Gasteiger partial charge in [0, 0.05) is 30.2 Å². The predicted octanol–water partition coefficient (Wildman–Crippen LogP) is 3.07. The van der Waals surface area contributed by atoms with Crippen molar-refractivity contribution in [1.82, 2.24) is 15.2 Å². The number of benzene rings is 1. The van der Waals surface area contributed by atoms with Crippen molar-refractivity contribution in [3.05, 3.63) is 36.0 Å². The minimum Gasteiger partial charge on any atom is -0.335 e. The maximum absolute atomic E-state index is 12.8. The van der Waals surface area contributed by atoms with E-state index in [0.29, 0.717) is 12.6 Å². The van der Waals surface area contributed by atoms with E-state index in [1.54, 1.807) is 4.90 Å². The van der Waals surface area contributed by atoms with E-state index in [9.17, 15) is 9.59 Å². The number of likely N-dealkylation sites (tertiary alicyclic amines) is 1. The van der Waals surface area contributed by atoms with Gasteiger partial charge in [0.05, 0.1) is 17.1 Å². The molecular weight excluding hydrogens is 328 g/mol. The molecule has 26 heavy (non-hydrogen) atoms. The van der Waals surface area contributed by atoms with Crippen molar-refractivity contribution in [2.24, 2.45) is 5.92 Å². The summed E-state index contributed by atoms with van der Waals surface area (Å²) in [4.78, 5) is 31.4. The molecule has 136 valence electrons. The normalized spacial score (nSPS) is 20.0. The highest BCUT2D eigenvalue weighted by Gasteiger charge is 2.31. The highest BCUT2D eigenvalue weighted by Crippen LogP contribution is 2.25. The lowest BCUT2D eigenvalue weighted by Gasteiger charge is -2.32. The number of rotatable bonds is 3. The van der Waals surface area contributed by atoms with Crippen LogP contribution in [0.3, 0.4) is 0 Å². The number of hydrogen-bond donors (Lipinski definition) is 2. The van der Waals surface area contributed by atoms with Crippen LogP contribution in [0.25, 0.3) is 10.9 Å². The van der Waals surface area contributed by atoms with Gasteiger partial charge in [-0.3, -0.25) is 9.78 Å². The molecule has 2 heterocycles. The van der Waals surface area contributed by atoms with Gasteiger partial charge in [0.15, 0.2) is 0 Å². The van der Waals surface area contributed by atoms with Crippen molar-refractivity contribution in [3.8, 4) is 0 Å². The van der Waals surface area contributed by atoms with Gasteiger partial charge in [0.1, 0.15) is 0 Å². The summed E-state index contributed by atoms with van der Waals surface area (Å²) in [5, 5.41) is 7.02. The molecule has 6 heteroatoms. The highest BCUT2D eigenvalue weighted by atomic mass is 16.2. The number of carbonyl (C=O) groups is 2. The molecule has 1 aliphatic heterocycles. The number of pyridine rings is 1. The summed E-state index contributed by atoms with van der Waals surface area (Å²) in [6.07, 6.45) is 3.79. The third-order valence-electron chi connectivity index (χ3n) is 5.09. The Morgan fingerprint density at radius 2 is 2.00 bits per heavy atom. The molecule has 2 aromatic rings. The van der Waals surface area contributed by atoms with Crippen LogP contribution in [-0.2, 0) is 4.79 Å². The van der Waals surface area contributed by atoms with Crippen molar-refractivity contribution in [1.29, 1.82) is 0 Å². The number of urea groups is 1. The van der Waals surface area contributed by atoms with Crippen LogP contribution in [0.5, 0.6) is 0 Å². The Balaban J connectivity index is 1.47. The number of nitrogens with zero attached hydrogens (tertiary/aromatic N) is 2. The first-order valence-electron chi connectivity index (χ1n) is 9.33. The molecule has 2 fully saturated rings. The number of aromatic nitrogens is 1. The molecule has 2 N–H and O–H groups in total. The van der Waals surface area contributed by atoms with E-state index >= 15 is 0 Å². The molecule has 2 aliphatic rings. The zero-order chi connectivity index (χ0) is 18.1.